The summed E-state index contributed by atoms with van der Waals surface area (Å²) in [6, 6.07) is 4.05. The number of hydrogen-bond donors (Lipinski definition) is 0. The highest BCUT2D eigenvalue weighted by molar-refractivity contribution is 14.1. The zero-order chi connectivity index (χ0) is 10.1. The standard InChI is InChI=1S/C9H8IN3S/c1-5-3-4-7(6(2)11-5)8-12-9(10)13-14-8/h3-4H,1-2H3. The fraction of sp³-hybridized carbons (Fsp3) is 0.222. The van der Waals surface area contributed by atoms with E-state index >= 15 is 0 Å². The minimum absolute atomic E-state index is 0.794. The quantitative estimate of drug-likeness (QED) is 0.759. The number of aromatic nitrogens is 3. The number of rotatable bonds is 1. The summed E-state index contributed by atoms with van der Waals surface area (Å²) in [5, 5.41) is 0.944. The summed E-state index contributed by atoms with van der Waals surface area (Å²) in [5.74, 6) is 0. The van der Waals surface area contributed by atoms with Crippen molar-refractivity contribution in [3.63, 3.8) is 0 Å². The van der Waals surface area contributed by atoms with Gasteiger partial charge in [0.2, 0.25) is 3.83 Å². The molecule has 5 heteroatoms. The van der Waals surface area contributed by atoms with Gasteiger partial charge < -0.3 is 0 Å². The maximum absolute atomic E-state index is 4.40. The molecule has 0 N–H and O–H groups in total. The van der Waals surface area contributed by atoms with Gasteiger partial charge in [-0.15, -0.1) is 0 Å². The Morgan fingerprint density at radius 2 is 2.00 bits per heavy atom. The molecule has 2 aromatic rings. The summed E-state index contributed by atoms with van der Waals surface area (Å²) in [6.07, 6.45) is 0. The summed E-state index contributed by atoms with van der Waals surface area (Å²) in [7, 11) is 0. The van der Waals surface area contributed by atoms with Crippen LogP contribution in [0.15, 0.2) is 12.1 Å². The average Bonchev–Trinajstić information content (AvgIpc) is 2.51. The van der Waals surface area contributed by atoms with Crippen molar-refractivity contribution in [3.8, 4) is 10.6 Å². The molecule has 0 aromatic carbocycles. The van der Waals surface area contributed by atoms with Crippen LogP contribution in [0.5, 0.6) is 0 Å². The Labute approximate surface area is 99.9 Å². The highest BCUT2D eigenvalue weighted by Gasteiger charge is 2.07. The second-order valence-electron chi connectivity index (χ2n) is 2.95. The first kappa shape index (κ1) is 9.97. The normalized spacial score (nSPS) is 10.5. The van der Waals surface area contributed by atoms with Gasteiger partial charge in [-0.3, -0.25) is 4.98 Å². The summed E-state index contributed by atoms with van der Waals surface area (Å²) < 4.78 is 4.94. The largest absolute Gasteiger partial charge is 0.258 e. The maximum Gasteiger partial charge on any atom is 0.203 e. The smallest absolute Gasteiger partial charge is 0.203 e. The Kier molecular flexibility index (Phi) is 2.78. The molecule has 72 valence electrons. The number of aryl methyl sites for hydroxylation is 2. The van der Waals surface area contributed by atoms with Crippen molar-refractivity contribution >= 4 is 34.1 Å². The van der Waals surface area contributed by atoms with E-state index in [9.17, 15) is 0 Å². The summed E-state index contributed by atoms with van der Waals surface area (Å²) in [4.78, 5) is 8.72. The minimum Gasteiger partial charge on any atom is -0.258 e. The summed E-state index contributed by atoms with van der Waals surface area (Å²) in [6.45, 7) is 3.98. The third kappa shape index (κ3) is 1.93. The minimum atomic E-state index is 0.794. The monoisotopic (exact) mass is 317 g/mol. The lowest BCUT2D eigenvalue weighted by Crippen LogP contribution is -1.89. The van der Waals surface area contributed by atoms with E-state index in [1.807, 2.05) is 26.0 Å². The van der Waals surface area contributed by atoms with Gasteiger partial charge in [0, 0.05) is 39.5 Å². The van der Waals surface area contributed by atoms with E-state index in [1.54, 1.807) is 0 Å². The fourth-order valence-electron chi connectivity index (χ4n) is 1.23. The van der Waals surface area contributed by atoms with E-state index in [-0.39, 0.29) is 0 Å². The molecule has 2 rings (SSSR count). The topological polar surface area (TPSA) is 38.7 Å². The van der Waals surface area contributed by atoms with Crippen LogP contribution in [0.1, 0.15) is 11.4 Å². The van der Waals surface area contributed by atoms with E-state index < -0.39 is 0 Å². The van der Waals surface area contributed by atoms with Gasteiger partial charge in [-0.1, -0.05) is 0 Å². The molecule has 2 heterocycles. The number of nitrogens with zero attached hydrogens (tertiary/aromatic N) is 3. The highest BCUT2D eigenvalue weighted by Crippen LogP contribution is 2.24. The van der Waals surface area contributed by atoms with Crippen LogP contribution in [-0.4, -0.2) is 14.3 Å². The predicted molar refractivity (Wildman–Crippen MR) is 65.3 cm³/mol. The molecule has 0 radical (unpaired) electrons. The second-order valence-corrected chi connectivity index (χ2v) is 4.67. The molecule has 0 atom stereocenters. The van der Waals surface area contributed by atoms with E-state index in [1.165, 1.54) is 11.5 Å². The predicted octanol–water partition coefficient (Wildman–Crippen LogP) is 2.82. The third-order valence-corrected chi connectivity index (χ3v) is 3.41. The Balaban J connectivity index is 2.52. The van der Waals surface area contributed by atoms with E-state index in [0.29, 0.717) is 0 Å². The molecule has 2 aromatic heterocycles. The Morgan fingerprint density at radius 1 is 1.21 bits per heavy atom. The van der Waals surface area contributed by atoms with Crippen molar-refractivity contribution in [3.05, 3.63) is 27.4 Å². The molecular formula is C9H8IN3S. The van der Waals surface area contributed by atoms with Crippen molar-refractivity contribution in [2.24, 2.45) is 0 Å². The van der Waals surface area contributed by atoms with Gasteiger partial charge >= 0.3 is 0 Å². The van der Waals surface area contributed by atoms with Crippen LogP contribution in [0.25, 0.3) is 10.6 Å². The van der Waals surface area contributed by atoms with Gasteiger partial charge in [0.1, 0.15) is 5.01 Å². The number of pyridine rings is 1. The van der Waals surface area contributed by atoms with E-state index in [4.69, 9.17) is 0 Å². The molecule has 0 aliphatic rings. The zero-order valence-electron chi connectivity index (χ0n) is 7.78. The van der Waals surface area contributed by atoms with Crippen molar-refractivity contribution in [2.75, 3.05) is 0 Å². The SMILES string of the molecule is Cc1ccc(-c2nc(I)ns2)c(C)n1. The van der Waals surface area contributed by atoms with Gasteiger partial charge in [0.05, 0.1) is 0 Å². The van der Waals surface area contributed by atoms with Crippen LogP contribution in [0.4, 0.5) is 0 Å². The lowest BCUT2D eigenvalue weighted by Gasteiger charge is -2.00. The van der Waals surface area contributed by atoms with E-state index in [2.05, 4.69) is 36.9 Å². The molecule has 0 aliphatic heterocycles. The Hall–Kier alpha value is -0.560. The Bertz CT molecular complexity index is 467. The summed E-state index contributed by atoms with van der Waals surface area (Å²) >= 11 is 3.53. The van der Waals surface area contributed by atoms with Gasteiger partial charge in [0.25, 0.3) is 0 Å². The molecule has 3 nitrogen and oxygen atoms in total. The molecule has 0 fully saturated rings. The van der Waals surface area contributed by atoms with Crippen LogP contribution in [0.3, 0.4) is 0 Å². The van der Waals surface area contributed by atoms with Crippen LogP contribution < -0.4 is 0 Å². The van der Waals surface area contributed by atoms with Crippen molar-refractivity contribution < 1.29 is 0 Å². The molecular weight excluding hydrogens is 309 g/mol. The lowest BCUT2D eigenvalue weighted by molar-refractivity contribution is 1.12. The van der Waals surface area contributed by atoms with Gasteiger partial charge in [0.15, 0.2) is 0 Å². The first-order chi connectivity index (χ1) is 6.66. The zero-order valence-corrected chi connectivity index (χ0v) is 10.8. The van der Waals surface area contributed by atoms with E-state index in [0.717, 1.165) is 25.8 Å². The molecule has 0 aliphatic carbocycles. The van der Waals surface area contributed by atoms with Crippen molar-refractivity contribution in [1.29, 1.82) is 0 Å². The third-order valence-electron chi connectivity index (χ3n) is 1.86. The first-order valence-electron chi connectivity index (χ1n) is 4.10. The highest BCUT2D eigenvalue weighted by atomic mass is 127. The van der Waals surface area contributed by atoms with Crippen molar-refractivity contribution in [2.45, 2.75) is 13.8 Å². The molecule has 0 unspecified atom stereocenters. The lowest BCUT2D eigenvalue weighted by atomic mass is 10.2. The van der Waals surface area contributed by atoms with Crippen molar-refractivity contribution in [1.82, 2.24) is 14.3 Å². The van der Waals surface area contributed by atoms with Crippen LogP contribution in [-0.2, 0) is 0 Å². The maximum atomic E-state index is 4.40. The van der Waals surface area contributed by atoms with Gasteiger partial charge in [-0.2, -0.15) is 4.37 Å². The molecule has 0 bridgehead atoms. The second kappa shape index (κ2) is 3.90. The van der Waals surface area contributed by atoms with Crippen LogP contribution in [0, 0.1) is 17.7 Å². The molecule has 14 heavy (non-hydrogen) atoms. The summed E-state index contributed by atoms with van der Waals surface area (Å²) in [5.41, 5.74) is 3.12. The van der Waals surface area contributed by atoms with Gasteiger partial charge in [-0.05, 0) is 37.5 Å². The van der Waals surface area contributed by atoms with Crippen LogP contribution in [0.2, 0.25) is 0 Å². The number of halogens is 1. The van der Waals surface area contributed by atoms with Gasteiger partial charge in [-0.25, -0.2) is 4.98 Å². The Morgan fingerprint density at radius 3 is 2.57 bits per heavy atom. The van der Waals surface area contributed by atoms with Crippen LogP contribution >= 0.6 is 34.1 Å². The molecule has 0 saturated heterocycles. The molecule has 0 spiro atoms. The first-order valence-corrected chi connectivity index (χ1v) is 5.96. The number of hydrogen-bond acceptors (Lipinski definition) is 4. The average molecular weight is 317 g/mol. The molecule has 0 saturated carbocycles. The fourth-order valence-corrected chi connectivity index (χ4v) is 2.57. The molecule has 0 amide bonds.